The van der Waals surface area contributed by atoms with Crippen LogP contribution in [0.3, 0.4) is 0 Å². The molecule has 3 saturated carbocycles. The van der Waals surface area contributed by atoms with Crippen molar-refractivity contribution in [2.75, 3.05) is 20.2 Å². The number of nitrogens with one attached hydrogen (secondary N) is 4. The van der Waals surface area contributed by atoms with Crippen LogP contribution >= 0.6 is 0 Å². The van der Waals surface area contributed by atoms with Crippen molar-refractivity contribution in [3.8, 4) is 11.3 Å². The molecule has 4 heterocycles. The number of amides is 4. The molecule has 3 aliphatic carbocycles. The fraction of sp³-hybridized carbons (Fsp3) is 0.610. The monoisotopic (exact) mass is 756 g/mol. The zero-order valence-electron chi connectivity index (χ0n) is 32.7. The summed E-state index contributed by atoms with van der Waals surface area (Å²) < 4.78 is 4.77. The van der Waals surface area contributed by atoms with Gasteiger partial charge in [-0.3, -0.25) is 9.59 Å². The highest BCUT2D eigenvalue weighted by Crippen LogP contribution is 2.58. The third kappa shape index (κ3) is 7.31. The minimum Gasteiger partial charge on any atom is -0.465 e. The first-order valence-corrected chi connectivity index (χ1v) is 20.0. The van der Waals surface area contributed by atoms with Gasteiger partial charge in [-0.15, -0.1) is 0 Å². The third-order valence-electron chi connectivity index (χ3n) is 13.1. The molecule has 55 heavy (non-hydrogen) atoms. The summed E-state index contributed by atoms with van der Waals surface area (Å²) in [4.78, 5) is 71.0. The number of carbonyl (C=O) groups excluding carboxylic acids is 3. The molecule has 2 aromatic heterocycles. The fourth-order valence-electron chi connectivity index (χ4n) is 9.76. The van der Waals surface area contributed by atoms with Crippen LogP contribution in [0.5, 0.6) is 0 Å². The van der Waals surface area contributed by atoms with Gasteiger partial charge in [0, 0.05) is 36.5 Å². The van der Waals surface area contributed by atoms with E-state index in [-0.39, 0.29) is 46.6 Å². The summed E-state index contributed by atoms with van der Waals surface area (Å²) in [6, 6.07) is 7.02. The zero-order chi connectivity index (χ0) is 39.1. The summed E-state index contributed by atoms with van der Waals surface area (Å²) in [6.45, 7) is 8.74. The molecule has 4 amide bonds. The predicted octanol–water partition coefficient (Wildman–Crippen LogP) is 6.34. The molecule has 4 atom stereocenters. The molecule has 0 unspecified atom stereocenters. The molecule has 0 radical (unpaired) electrons. The standard InChI is InChI=1S/C41H56N8O6/c1-24(2)32(46-38(52)53)36(50)49-21-7-9-30(49)35-43-23-31(45-35)41-17-14-40(15-18-41,16-19-41)27-12-10-26(11-13-27)28-22-42-34(44-28)29-8-6-20-48(29)37(51)33(25(3)4)47-39(54)55-5/h10-13,22-25,29-30,32-33,46H,6-9,14-21H2,1-5H3,(H,42,44)(H,43,45)(H,47,54)(H,52,53)/t29-,30-,32-,33-,40?,41?/m0/s1. The number of alkyl carbamates (subject to hydrolysis) is 1. The van der Waals surface area contributed by atoms with E-state index in [0.717, 1.165) is 92.8 Å². The maximum absolute atomic E-state index is 13.6. The number of aromatic amines is 2. The smallest absolute Gasteiger partial charge is 0.407 e. The first-order chi connectivity index (χ1) is 26.3. The van der Waals surface area contributed by atoms with Crippen LogP contribution < -0.4 is 10.6 Å². The van der Waals surface area contributed by atoms with Crippen molar-refractivity contribution in [2.45, 2.75) is 127 Å². The second-order valence-corrected chi connectivity index (χ2v) is 16.9. The zero-order valence-corrected chi connectivity index (χ0v) is 32.7. The lowest BCUT2D eigenvalue weighted by Crippen LogP contribution is -2.51. The van der Waals surface area contributed by atoms with Gasteiger partial charge in [-0.05, 0) is 87.0 Å². The lowest BCUT2D eigenvalue weighted by molar-refractivity contribution is -0.136. The van der Waals surface area contributed by atoms with E-state index >= 15 is 0 Å². The molecular weight excluding hydrogens is 701 g/mol. The summed E-state index contributed by atoms with van der Waals surface area (Å²) in [7, 11) is 1.30. The average molecular weight is 757 g/mol. The molecule has 3 aromatic rings. The van der Waals surface area contributed by atoms with Crippen LogP contribution in [-0.2, 0) is 25.2 Å². The van der Waals surface area contributed by atoms with E-state index in [4.69, 9.17) is 14.7 Å². The van der Waals surface area contributed by atoms with Crippen LogP contribution in [0, 0.1) is 11.8 Å². The van der Waals surface area contributed by atoms with E-state index in [0.29, 0.717) is 13.1 Å². The Balaban J connectivity index is 0.997. The summed E-state index contributed by atoms with van der Waals surface area (Å²) >= 11 is 0. The molecule has 2 saturated heterocycles. The van der Waals surface area contributed by atoms with Crippen LogP contribution in [-0.4, -0.2) is 91.1 Å². The Bertz CT molecular complexity index is 1860. The van der Waals surface area contributed by atoms with Crippen LogP contribution in [0.25, 0.3) is 11.3 Å². The normalized spacial score (nSPS) is 26.0. The van der Waals surface area contributed by atoms with Crippen LogP contribution in [0.2, 0.25) is 0 Å². The number of carboxylic acid groups (broad SMARTS) is 1. The predicted molar refractivity (Wildman–Crippen MR) is 205 cm³/mol. The number of methoxy groups -OCH3 is 1. The molecule has 5 fully saturated rings. The first-order valence-electron chi connectivity index (χ1n) is 20.0. The number of carbonyl (C=O) groups is 4. The number of benzene rings is 1. The second kappa shape index (κ2) is 15.3. The van der Waals surface area contributed by atoms with Crippen LogP contribution in [0.15, 0.2) is 36.7 Å². The second-order valence-electron chi connectivity index (χ2n) is 16.9. The van der Waals surface area contributed by atoms with E-state index in [9.17, 15) is 24.3 Å². The van der Waals surface area contributed by atoms with Gasteiger partial charge < -0.3 is 40.2 Å². The first kappa shape index (κ1) is 38.4. The van der Waals surface area contributed by atoms with Crippen molar-refractivity contribution in [3.05, 3.63) is 59.6 Å². The molecule has 5 aliphatic rings. The minimum absolute atomic E-state index is 0.0146. The summed E-state index contributed by atoms with van der Waals surface area (Å²) in [5.74, 6) is 0.986. The maximum Gasteiger partial charge on any atom is 0.407 e. The summed E-state index contributed by atoms with van der Waals surface area (Å²) in [5.41, 5.74) is 4.46. The van der Waals surface area contributed by atoms with Gasteiger partial charge in [0.2, 0.25) is 11.8 Å². The largest absolute Gasteiger partial charge is 0.465 e. The molecule has 8 rings (SSSR count). The average Bonchev–Trinajstić information content (AvgIpc) is 4.03. The van der Waals surface area contributed by atoms with Gasteiger partial charge in [-0.1, -0.05) is 52.0 Å². The van der Waals surface area contributed by atoms with Gasteiger partial charge in [0.15, 0.2) is 0 Å². The van der Waals surface area contributed by atoms with Gasteiger partial charge in [0.05, 0.1) is 30.6 Å². The van der Waals surface area contributed by atoms with Crippen molar-refractivity contribution in [2.24, 2.45) is 11.8 Å². The number of H-pyrrole nitrogens is 2. The van der Waals surface area contributed by atoms with Crippen molar-refractivity contribution in [3.63, 3.8) is 0 Å². The molecule has 1 aromatic carbocycles. The molecule has 14 nitrogen and oxygen atoms in total. The van der Waals surface area contributed by atoms with E-state index < -0.39 is 24.3 Å². The highest BCUT2D eigenvalue weighted by atomic mass is 16.5. The number of hydrogen-bond donors (Lipinski definition) is 5. The van der Waals surface area contributed by atoms with Crippen molar-refractivity contribution in [1.82, 2.24) is 40.4 Å². The Morgan fingerprint density at radius 3 is 1.80 bits per heavy atom. The number of ether oxygens (including phenoxy) is 1. The molecule has 5 N–H and O–H groups in total. The molecule has 2 aliphatic heterocycles. The van der Waals surface area contributed by atoms with E-state index in [2.05, 4.69) is 51.1 Å². The van der Waals surface area contributed by atoms with Crippen molar-refractivity contribution >= 4 is 24.0 Å². The van der Waals surface area contributed by atoms with Gasteiger partial charge in [0.25, 0.3) is 0 Å². The number of aromatic nitrogens is 4. The highest BCUT2D eigenvalue weighted by molar-refractivity contribution is 5.87. The van der Waals surface area contributed by atoms with E-state index in [1.807, 2.05) is 38.8 Å². The van der Waals surface area contributed by atoms with Crippen LogP contribution in [0.4, 0.5) is 9.59 Å². The van der Waals surface area contributed by atoms with Gasteiger partial charge in [-0.2, -0.15) is 0 Å². The Morgan fingerprint density at radius 2 is 1.27 bits per heavy atom. The molecule has 2 bridgehead atoms. The molecule has 296 valence electrons. The number of likely N-dealkylation sites (tertiary alicyclic amines) is 2. The SMILES string of the molecule is COC(=O)N[C@H](C(=O)N1CCC[C@H]1c1nc(-c2ccc(C34CCC(c5c[nH]c([C@@H]6CCCN6C(=O)[C@@H](NC(=O)O)C(C)C)n5)(CC3)CC4)cc2)c[nH]1)C(C)C. The Kier molecular flexibility index (Phi) is 10.7. The van der Waals surface area contributed by atoms with Crippen molar-refractivity contribution < 1.29 is 29.0 Å². The summed E-state index contributed by atoms with van der Waals surface area (Å²) in [5, 5.41) is 14.5. The van der Waals surface area contributed by atoms with Gasteiger partial charge in [-0.25, -0.2) is 19.6 Å². The lowest BCUT2D eigenvalue weighted by Gasteiger charge is -2.53. The highest BCUT2D eigenvalue weighted by Gasteiger charge is 2.51. The Morgan fingerprint density at radius 1 is 0.764 bits per heavy atom. The van der Waals surface area contributed by atoms with Crippen molar-refractivity contribution in [1.29, 1.82) is 0 Å². The molecule has 14 heteroatoms. The molecular formula is C41H56N8O6. The summed E-state index contributed by atoms with van der Waals surface area (Å²) in [6.07, 6.45) is 11.9. The Labute approximate surface area is 322 Å². The van der Waals surface area contributed by atoms with Gasteiger partial charge in [0.1, 0.15) is 23.7 Å². The third-order valence-corrected chi connectivity index (χ3v) is 13.1. The maximum atomic E-state index is 13.6. The number of hydrogen-bond acceptors (Lipinski definition) is 7. The minimum atomic E-state index is -1.19. The lowest BCUT2D eigenvalue weighted by atomic mass is 9.51. The van der Waals surface area contributed by atoms with E-state index in [1.165, 1.54) is 12.7 Å². The van der Waals surface area contributed by atoms with Gasteiger partial charge >= 0.3 is 12.2 Å². The number of nitrogens with zero attached hydrogens (tertiary/aromatic N) is 4. The topological polar surface area (TPSA) is 186 Å². The van der Waals surface area contributed by atoms with Crippen LogP contribution in [0.1, 0.15) is 127 Å². The Hall–Kier alpha value is -4.88. The fourth-order valence-corrected chi connectivity index (χ4v) is 9.76. The van der Waals surface area contributed by atoms with E-state index in [1.54, 1.807) is 4.90 Å². The molecule has 0 spiro atoms. The number of imidazole rings is 2. The number of rotatable bonds is 11. The quantitative estimate of drug-likeness (QED) is 0.150. The number of fused-ring (bicyclic) bond motifs is 3.